The maximum Gasteiger partial charge on any atom is 0.250 e. The van der Waals surface area contributed by atoms with Gasteiger partial charge in [0.1, 0.15) is 11.5 Å². The Morgan fingerprint density at radius 2 is 1.58 bits per heavy atom. The van der Waals surface area contributed by atoms with Crippen molar-refractivity contribution < 1.29 is 42.6 Å². The van der Waals surface area contributed by atoms with Gasteiger partial charge in [-0.25, -0.2) is 19.4 Å². The molecule has 11 nitrogen and oxygen atoms in total. The van der Waals surface area contributed by atoms with E-state index >= 15 is 0 Å². The summed E-state index contributed by atoms with van der Waals surface area (Å²) in [5.41, 5.74) is 3.58. The molecule has 1 aliphatic carbocycles. The van der Waals surface area contributed by atoms with Gasteiger partial charge < -0.3 is 14.2 Å². The van der Waals surface area contributed by atoms with E-state index in [4.69, 9.17) is 19.4 Å². The number of sulfone groups is 1. The second-order valence-corrected chi connectivity index (χ2v) is 12.6. The van der Waals surface area contributed by atoms with Crippen LogP contribution in [0, 0.1) is 0 Å². The van der Waals surface area contributed by atoms with E-state index in [0.29, 0.717) is 28.6 Å². The molecule has 2 atom stereocenters. The van der Waals surface area contributed by atoms with Crippen molar-refractivity contribution in [3.05, 3.63) is 78.4 Å². The Morgan fingerprint density at radius 3 is 2.21 bits per heavy atom. The molecule has 0 spiro atoms. The fourth-order valence-corrected chi connectivity index (χ4v) is 6.97. The Morgan fingerprint density at radius 1 is 0.907 bits per heavy atom. The molecule has 4 N–H and O–H groups in total. The van der Waals surface area contributed by atoms with E-state index in [2.05, 4.69) is 0 Å². The first-order valence-electron chi connectivity index (χ1n) is 14.0. The minimum atomic E-state index is -4.16. The first-order valence-corrected chi connectivity index (χ1v) is 15.6. The molecule has 2 unspecified atom stereocenters. The number of hydrogen-bond donors (Lipinski definition) is 4. The molecule has 12 heteroatoms. The van der Waals surface area contributed by atoms with Crippen LogP contribution in [0.1, 0.15) is 56.4 Å². The van der Waals surface area contributed by atoms with Gasteiger partial charge in [0.25, 0.3) is 5.91 Å². The van der Waals surface area contributed by atoms with Gasteiger partial charge in [-0.1, -0.05) is 30.3 Å². The Labute approximate surface area is 250 Å². The molecule has 0 radical (unpaired) electrons. The number of hydrogen-bond acceptors (Lipinski definition) is 9. The molecule has 0 aliphatic heterocycles. The summed E-state index contributed by atoms with van der Waals surface area (Å²) >= 11 is 0. The van der Waals surface area contributed by atoms with Crippen molar-refractivity contribution in [2.24, 2.45) is 0 Å². The molecule has 1 aliphatic rings. The van der Waals surface area contributed by atoms with Gasteiger partial charge in [-0.2, -0.15) is 0 Å². The Balaban J connectivity index is 1.64. The van der Waals surface area contributed by atoms with Crippen LogP contribution >= 0.6 is 0 Å². The van der Waals surface area contributed by atoms with Crippen molar-refractivity contribution in [2.75, 3.05) is 7.11 Å². The standard InChI is InChI=1S/C31H36N2O9S/c1-40-28-17-15-26(20-29(28)42-23-9-5-6-10-23)43(38,39)25(16-18-30(34)32-36)19-27(31(35)33-37)21-11-13-24(14-12-21)41-22-7-3-2-4-8-22/h2-4,7-8,11-15,17,20,23,25,27,36-37H,5-6,9-10,16,18-19H2,1H3,(H,32,34)(H,33,35). The van der Waals surface area contributed by atoms with Crippen LogP contribution in [-0.2, 0) is 19.4 Å². The fourth-order valence-electron chi connectivity index (χ4n) is 5.18. The molecular weight excluding hydrogens is 576 g/mol. The van der Waals surface area contributed by atoms with Crippen molar-refractivity contribution in [1.82, 2.24) is 11.0 Å². The number of benzene rings is 3. The quantitative estimate of drug-likeness (QED) is 0.146. The summed E-state index contributed by atoms with van der Waals surface area (Å²) in [7, 11) is -2.70. The minimum absolute atomic E-state index is 0.0534. The Bertz CT molecular complexity index is 1470. The maximum atomic E-state index is 14.1. The normalized spacial score (nSPS) is 14.9. The lowest BCUT2D eigenvalue weighted by Crippen LogP contribution is -2.33. The number of hydroxylamine groups is 2. The highest BCUT2D eigenvalue weighted by molar-refractivity contribution is 7.92. The molecule has 0 saturated heterocycles. The lowest BCUT2D eigenvalue weighted by Gasteiger charge is -2.24. The zero-order valence-corrected chi connectivity index (χ0v) is 24.6. The van der Waals surface area contributed by atoms with Gasteiger partial charge in [0.05, 0.1) is 29.3 Å². The monoisotopic (exact) mass is 612 g/mol. The number of nitrogens with one attached hydrogen (secondary N) is 2. The maximum absolute atomic E-state index is 14.1. The summed E-state index contributed by atoms with van der Waals surface area (Å²) in [6, 6.07) is 19.9. The number of rotatable bonds is 14. The fraction of sp³-hybridized carbons (Fsp3) is 0.355. The molecule has 2 amide bonds. The first kappa shape index (κ1) is 31.8. The summed E-state index contributed by atoms with van der Waals surface area (Å²) in [6.07, 6.45) is 2.91. The molecule has 1 saturated carbocycles. The van der Waals surface area contributed by atoms with Crippen molar-refractivity contribution >= 4 is 21.7 Å². The van der Waals surface area contributed by atoms with Crippen LogP contribution in [-0.4, -0.2) is 49.1 Å². The first-order chi connectivity index (χ1) is 20.7. The number of methoxy groups -OCH3 is 1. The van der Waals surface area contributed by atoms with E-state index in [1.807, 2.05) is 18.2 Å². The zero-order valence-electron chi connectivity index (χ0n) is 23.8. The van der Waals surface area contributed by atoms with Gasteiger partial charge in [-0.3, -0.25) is 20.0 Å². The second-order valence-electron chi connectivity index (χ2n) is 10.3. The van der Waals surface area contributed by atoms with E-state index in [1.54, 1.807) is 41.9 Å². The van der Waals surface area contributed by atoms with Gasteiger partial charge in [-0.15, -0.1) is 0 Å². The Kier molecular flexibility index (Phi) is 11.0. The van der Waals surface area contributed by atoms with Crippen LogP contribution in [0.25, 0.3) is 0 Å². The lowest BCUT2D eigenvalue weighted by atomic mass is 9.92. The largest absolute Gasteiger partial charge is 0.493 e. The van der Waals surface area contributed by atoms with Crippen LogP contribution in [0.3, 0.4) is 0 Å². The van der Waals surface area contributed by atoms with Crippen molar-refractivity contribution in [3.63, 3.8) is 0 Å². The molecule has 3 aromatic rings. The molecule has 1 fully saturated rings. The average Bonchev–Trinajstić information content (AvgIpc) is 3.54. The van der Waals surface area contributed by atoms with Gasteiger partial charge in [0, 0.05) is 12.5 Å². The summed E-state index contributed by atoms with van der Waals surface area (Å²) in [5, 5.41) is 17.3. The molecule has 4 rings (SSSR count). The molecule has 3 aromatic carbocycles. The van der Waals surface area contributed by atoms with Gasteiger partial charge in [0.2, 0.25) is 5.91 Å². The van der Waals surface area contributed by atoms with E-state index in [0.717, 1.165) is 25.7 Å². The Hall–Kier alpha value is -4.13. The second kappa shape index (κ2) is 14.9. The lowest BCUT2D eigenvalue weighted by molar-refractivity contribution is -0.131. The summed E-state index contributed by atoms with van der Waals surface area (Å²) < 4.78 is 45.4. The predicted octanol–water partition coefficient (Wildman–Crippen LogP) is 4.92. The third kappa shape index (κ3) is 8.25. The third-order valence-electron chi connectivity index (χ3n) is 7.50. The number of carbonyl (C=O) groups excluding carboxylic acids is 2. The van der Waals surface area contributed by atoms with E-state index in [9.17, 15) is 23.2 Å². The van der Waals surface area contributed by atoms with Crippen LogP contribution in [0.2, 0.25) is 0 Å². The van der Waals surface area contributed by atoms with Gasteiger partial charge >= 0.3 is 0 Å². The van der Waals surface area contributed by atoms with E-state index in [-0.39, 0.29) is 30.3 Å². The van der Waals surface area contributed by atoms with Crippen molar-refractivity contribution in [2.45, 2.75) is 67.1 Å². The highest BCUT2D eigenvalue weighted by Gasteiger charge is 2.35. The van der Waals surface area contributed by atoms with Crippen LogP contribution in [0.4, 0.5) is 0 Å². The highest BCUT2D eigenvalue weighted by atomic mass is 32.2. The minimum Gasteiger partial charge on any atom is -0.493 e. The predicted molar refractivity (Wildman–Crippen MR) is 156 cm³/mol. The molecule has 43 heavy (non-hydrogen) atoms. The van der Waals surface area contributed by atoms with Gasteiger partial charge in [0.15, 0.2) is 21.3 Å². The van der Waals surface area contributed by atoms with Crippen LogP contribution < -0.4 is 25.2 Å². The zero-order chi connectivity index (χ0) is 30.8. The number of amides is 2. The molecule has 230 valence electrons. The number of ether oxygens (including phenoxy) is 3. The van der Waals surface area contributed by atoms with Gasteiger partial charge in [-0.05, 0) is 80.5 Å². The third-order valence-corrected chi connectivity index (χ3v) is 9.72. The summed E-state index contributed by atoms with van der Waals surface area (Å²) in [4.78, 5) is 24.7. The van der Waals surface area contributed by atoms with Crippen LogP contribution in [0.5, 0.6) is 23.0 Å². The molecule has 0 aromatic heterocycles. The average molecular weight is 613 g/mol. The van der Waals surface area contributed by atoms with E-state index in [1.165, 1.54) is 30.8 Å². The van der Waals surface area contributed by atoms with Crippen LogP contribution in [0.15, 0.2) is 77.7 Å². The highest BCUT2D eigenvalue weighted by Crippen LogP contribution is 2.37. The van der Waals surface area contributed by atoms with E-state index < -0.39 is 32.8 Å². The molecule has 0 bridgehead atoms. The molecule has 0 heterocycles. The topological polar surface area (TPSA) is 160 Å². The SMILES string of the molecule is COc1ccc(S(=O)(=O)C(CCC(=O)NO)CC(C(=O)NO)c2ccc(Oc3ccccc3)cc2)cc1OC1CCCC1. The number of para-hydroxylation sites is 1. The smallest absolute Gasteiger partial charge is 0.250 e. The summed E-state index contributed by atoms with van der Waals surface area (Å²) in [6.45, 7) is 0. The summed E-state index contributed by atoms with van der Waals surface area (Å²) in [5.74, 6) is -0.897. The number of carbonyl (C=O) groups is 2. The van der Waals surface area contributed by atoms with Crippen molar-refractivity contribution in [3.8, 4) is 23.0 Å². The molecular formula is C31H36N2O9S. The van der Waals surface area contributed by atoms with Crippen molar-refractivity contribution in [1.29, 1.82) is 0 Å².